The molecule has 0 unspecified atom stereocenters. The minimum Gasteiger partial charge on any atom is -0.497 e. The van der Waals surface area contributed by atoms with E-state index in [0.29, 0.717) is 5.75 Å². The van der Waals surface area contributed by atoms with Gasteiger partial charge in [0.05, 0.1) is 7.11 Å². The molecule has 3 rings (SSSR count). The molecule has 2 aliphatic heterocycles. The highest BCUT2D eigenvalue weighted by Crippen LogP contribution is 2.36. The van der Waals surface area contributed by atoms with Crippen LogP contribution in [0.3, 0.4) is 0 Å². The van der Waals surface area contributed by atoms with E-state index in [0.717, 1.165) is 48.5 Å². The van der Waals surface area contributed by atoms with Crippen LogP contribution in [0.5, 0.6) is 11.5 Å². The molecule has 2 fully saturated rings. The number of esters is 7. The first kappa shape index (κ1) is 41.4. The predicted octanol–water partition coefficient (Wildman–Crippen LogP) is 0.694. The molecule has 2 saturated heterocycles. The molecule has 19 heteroatoms. The Morgan fingerprint density at radius 3 is 1.27 bits per heavy atom. The van der Waals surface area contributed by atoms with Gasteiger partial charge < -0.3 is 56.8 Å². The van der Waals surface area contributed by atoms with Crippen molar-refractivity contribution in [3.05, 3.63) is 24.3 Å². The molecular weight excluding hydrogens is 700 g/mol. The summed E-state index contributed by atoms with van der Waals surface area (Å²) in [6, 6.07) is 6.17. The minimum atomic E-state index is -1.82. The normalized spacial score (nSPS) is 28.2. The molecule has 0 aliphatic carbocycles. The van der Waals surface area contributed by atoms with Crippen LogP contribution in [0.25, 0.3) is 0 Å². The first-order chi connectivity index (χ1) is 24.5. The lowest BCUT2D eigenvalue weighted by atomic mass is 9.96. The fraction of sp³-hybridized carbons (Fsp3) is 0.606. The van der Waals surface area contributed by atoms with Crippen LogP contribution in [0.2, 0.25) is 0 Å². The Bertz CT molecular complexity index is 1440. The largest absolute Gasteiger partial charge is 0.497 e. The van der Waals surface area contributed by atoms with Crippen molar-refractivity contribution in [3.63, 3.8) is 0 Å². The Morgan fingerprint density at radius 1 is 0.481 bits per heavy atom. The number of rotatable bonds is 14. The summed E-state index contributed by atoms with van der Waals surface area (Å²) in [6.07, 6.45) is -15.8. The predicted molar refractivity (Wildman–Crippen MR) is 167 cm³/mol. The van der Waals surface area contributed by atoms with Gasteiger partial charge in [-0.2, -0.15) is 0 Å². The summed E-state index contributed by atoms with van der Waals surface area (Å²) in [4.78, 5) is 85.7. The first-order valence-corrected chi connectivity index (χ1v) is 15.9. The van der Waals surface area contributed by atoms with Gasteiger partial charge in [-0.1, -0.05) is 0 Å². The molecule has 1 aromatic carbocycles. The topological polar surface area (TPSA) is 230 Å². The minimum absolute atomic E-state index is 0.186. The van der Waals surface area contributed by atoms with Gasteiger partial charge in [0.2, 0.25) is 6.29 Å². The van der Waals surface area contributed by atoms with Gasteiger partial charge in [-0.05, 0) is 24.3 Å². The molecule has 52 heavy (non-hydrogen) atoms. The Labute approximate surface area is 298 Å². The van der Waals surface area contributed by atoms with Crippen molar-refractivity contribution < 1.29 is 90.4 Å². The Morgan fingerprint density at radius 2 is 0.846 bits per heavy atom. The third-order valence-corrected chi connectivity index (χ3v) is 7.20. The molecule has 0 bridgehead atoms. The highest BCUT2D eigenvalue weighted by molar-refractivity contribution is 5.69. The maximum atomic E-state index is 12.5. The average Bonchev–Trinajstić information content (AvgIpc) is 3.03. The molecular formula is C33H42O19. The number of methoxy groups -OCH3 is 1. The molecule has 288 valence electrons. The maximum absolute atomic E-state index is 12.5. The van der Waals surface area contributed by atoms with Crippen molar-refractivity contribution in [3.8, 4) is 11.5 Å². The Kier molecular flexibility index (Phi) is 15.1. The third-order valence-electron chi connectivity index (χ3n) is 7.20. The molecule has 0 spiro atoms. The van der Waals surface area contributed by atoms with Crippen molar-refractivity contribution in [2.24, 2.45) is 0 Å². The summed E-state index contributed by atoms with van der Waals surface area (Å²) in [7, 11) is 1.46. The summed E-state index contributed by atoms with van der Waals surface area (Å²) in [5, 5.41) is 0. The van der Waals surface area contributed by atoms with Crippen LogP contribution >= 0.6 is 0 Å². The molecule has 0 saturated carbocycles. The fourth-order valence-electron chi connectivity index (χ4n) is 5.35. The second-order valence-electron chi connectivity index (χ2n) is 11.5. The van der Waals surface area contributed by atoms with E-state index in [9.17, 15) is 33.6 Å². The third kappa shape index (κ3) is 12.1. The van der Waals surface area contributed by atoms with Crippen molar-refractivity contribution in [2.45, 2.75) is 110 Å². The van der Waals surface area contributed by atoms with E-state index in [1.807, 2.05) is 0 Å². The second kappa shape index (κ2) is 19.0. The smallest absolute Gasteiger partial charge is 0.303 e. The van der Waals surface area contributed by atoms with E-state index < -0.39 is 116 Å². The summed E-state index contributed by atoms with van der Waals surface area (Å²) in [6.45, 7) is 6.38. The molecule has 10 atom stereocenters. The summed E-state index contributed by atoms with van der Waals surface area (Å²) >= 11 is 0. The van der Waals surface area contributed by atoms with Crippen LogP contribution in [-0.2, 0) is 80.9 Å². The molecule has 1 aromatic rings. The van der Waals surface area contributed by atoms with Crippen molar-refractivity contribution in [1.29, 1.82) is 0 Å². The monoisotopic (exact) mass is 742 g/mol. The van der Waals surface area contributed by atoms with Crippen LogP contribution in [-0.4, -0.2) is 124 Å². The SMILES string of the molecule is COc1ccc(O[C@@H]2O[C@H](COC(C)=O)[C@H](OC(C)=O)[C@H](O[C@@H]3O[C@H](COC(C)=O)[C@H](OC(C)=O)[C@H](OC(C)=O)[C@H]3OC(C)=O)[C@H]2OC(C)=O)cc1. The number of carbonyl (C=O) groups is 7. The molecule has 19 nitrogen and oxygen atoms in total. The first-order valence-electron chi connectivity index (χ1n) is 15.9. The van der Waals surface area contributed by atoms with E-state index in [4.69, 9.17) is 56.8 Å². The van der Waals surface area contributed by atoms with E-state index in [2.05, 4.69) is 0 Å². The van der Waals surface area contributed by atoms with Crippen LogP contribution in [0, 0.1) is 0 Å². The van der Waals surface area contributed by atoms with E-state index in [1.54, 1.807) is 12.1 Å². The lowest BCUT2D eigenvalue weighted by molar-refractivity contribution is -0.355. The lowest BCUT2D eigenvalue weighted by Gasteiger charge is -2.48. The van der Waals surface area contributed by atoms with Gasteiger partial charge in [0.1, 0.15) is 43.0 Å². The zero-order valence-corrected chi connectivity index (χ0v) is 29.8. The van der Waals surface area contributed by atoms with Gasteiger partial charge in [-0.25, -0.2) is 0 Å². The molecule has 0 amide bonds. The van der Waals surface area contributed by atoms with E-state index >= 15 is 0 Å². The molecule has 0 N–H and O–H groups in total. The molecule has 2 heterocycles. The average molecular weight is 743 g/mol. The Hall–Kier alpha value is -5.01. The van der Waals surface area contributed by atoms with E-state index in [1.165, 1.54) is 19.2 Å². The standard InChI is InChI=1S/C33H42O19/c1-15(34)42-13-24-26(44-17(3)36)28(46-19(5)38)30(47-20(6)39)33(51-24)52-29-27(45-18(4)37)25(14-43-16(2)35)50-32(31(29)48-21(7)40)49-23-11-9-22(41-8)10-12-23/h9-12,24-33H,13-14H2,1-8H3/t24-,25-,26+,27+,28+,29+,30-,31-,32-,33+/m1/s1. The molecule has 0 aromatic heterocycles. The lowest BCUT2D eigenvalue weighted by Crippen LogP contribution is -2.67. The van der Waals surface area contributed by atoms with Crippen molar-refractivity contribution in [1.82, 2.24) is 0 Å². The van der Waals surface area contributed by atoms with Gasteiger partial charge in [0, 0.05) is 48.5 Å². The molecule has 0 radical (unpaired) electrons. The summed E-state index contributed by atoms with van der Waals surface area (Å²) in [5.41, 5.74) is 0. The van der Waals surface area contributed by atoms with Gasteiger partial charge in [0.15, 0.2) is 36.8 Å². The quantitative estimate of drug-likeness (QED) is 0.189. The van der Waals surface area contributed by atoms with Crippen LogP contribution in [0.1, 0.15) is 48.5 Å². The van der Waals surface area contributed by atoms with E-state index in [-0.39, 0.29) is 5.75 Å². The van der Waals surface area contributed by atoms with Crippen LogP contribution in [0.4, 0.5) is 0 Å². The van der Waals surface area contributed by atoms with Crippen LogP contribution < -0.4 is 9.47 Å². The number of ether oxygens (including phenoxy) is 12. The van der Waals surface area contributed by atoms with Gasteiger partial charge in [-0.3, -0.25) is 33.6 Å². The number of carbonyl (C=O) groups excluding carboxylic acids is 7. The Balaban J connectivity index is 2.20. The van der Waals surface area contributed by atoms with Crippen molar-refractivity contribution in [2.75, 3.05) is 20.3 Å². The molecule has 2 aliphatic rings. The zero-order chi connectivity index (χ0) is 38.7. The van der Waals surface area contributed by atoms with Gasteiger partial charge >= 0.3 is 41.8 Å². The van der Waals surface area contributed by atoms with Crippen molar-refractivity contribution >= 4 is 41.8 Å². The zero-order valence-electron chi connectivity index (χ0n) is 29.8. The number of benzene rings is 1. The summed E-state index contributed by atoms with van der Waals surface area (Å²) in [5.74, 6) is -5.23. The van der Waals surface area contributed by atoms with Crippen LogP contribution in [0.15, 0.2) is 24.3 Å². The van der Waals surface area contributed by atoms with Gasteiger partial charge in [-0.15, -0.1) is 0 Å². The number of hydrogen-bond acceptors (Lipinski definition) is 19. The van der Waals surface area contributed by atoms with Gasteiger partial charge in [0.25, 0.3) is 0 Å². The highest BCUT2D eigenvalue weighted by Gasteiger charge is 2.58. The summed E-state index contributed by atoms with van der Waals surface area (Å²) < 4.78 is 67.7. The fourth-order valence-corrected chi connectivity index (χ4v) is 5.35. The number of hydrogen-bond donors (Lipinski definition) is 0. The second-order valence-corrected chi connectivity index (χ2v) is 11.5. The maximum Gasteiger partial charge on any atom is 0.303 e. The highest BCUT2D eigenvalue weighted by atomic mass is 16.8.